The maximum atomic E-state index is 13.1. The van der Waals surface area contributed by atoms with Gasteiger partial charge < -0.3 is 0 Å². The van der Waals surface area contributed by atoms with Crippen LogP contribution in [0.5, 0.6) is 0 Å². The first-order chi connectivity index (χ1) is 5.16. The van der Waals surface area contributed by atoms with Crippen molar-refractivity contribution in [2.24, 2.45) is 0 Å². The summed E-state index contributed by atoms with van der Waals surface area (Å²) in [6.45, 7) is 6.16. The molecule has 62 valence electrons. The summed E-state index contributed by atoms with van der Waals surface area (Å²) < 4.78 is 14.4. The average molecular weight is 157 g/mol. The van der Waals surface area contributed by atoms with Crippen LogP contribution < -0.4 is 0 Å². The monoisotopic (exact) mass is 157 g/mol. The average Bonchev–Trinajstić information content (AvgIpc) is 2.30. The number of aromatic nitrogens is 3. The Balaban J connectivity index is 3.00. The Labute approximate surface area is 65.2 Å². The maximum Gasteiger partial charge on any atom is 0.235 e. The molecular weight excluding hydrogens is 145 g/mol. The van der Waals surface area contributed by atoms with Gasteiger partial charge in [0.25, 0.3) is 0 Å². The van der Waals surface area contributed by atoms with Crippen molar-refractivity contribution in [2.45, 2.75) is 33.2 Å². The van der Waals surface area contributed by atoms with Crippen LogP contribution >= 0.6 is 0 Å². The molecule has 0 atom stereocenters. The van der Waals surface area contributed by atoms with Crippen molar-refractivity contribution >= 4 is 0 Å². The van der Waals surface area contributed by atoms with Crippen molar-refractivity contribution in [3.63, 3.8) is 0 Å². The molecule has 0 saturated carbocycles. The first kappa shape index (κ1) is 8.17. The standard InChI is InChI=1S/C7H12FN3/c1-4-11-7(8)6(5(2)3)9-10-11/h5H,4H2,1-3H3. The van der Waals surface area contributed by atoms with Crippen LogP contribution in [0.1, 0.15) is 32.4 Å². The molecule has 0 N–H and O–H groups in total. The first-order valence-corrected chi connectivity index (χ1v) is 3.75. The lowest BCUT2D eigenvalue weighted by atomic mass is 10.1. The van der Waals surface area contributed by atoms with Gasteiger partial charge in [-0.15, -0.1) is 5.10 Å². The van der Waals surface area contributed by atoms with Gasteiger partial charge in [-0.1, -0.05) is 19.1 Å². The predicted octanol–water partition coefficient (Wildman–Crippen LogP) is 1.56. The van der Waals surface area contributed by atoms with Crippen LogP contribution in [0.2, 0.25) is 0 Å². The molecule has 1 rings (SSSR count). The lowest BCUT2D eigenvalue weighted by Gasteiger charge is -1.97. The number of halogens is 1. The second-order valence-corrected chi connectivity index (χ2v) is 2.74. The molecule has 0 aliphatic carbocycles. The molecule has 3 nitrogen and oxygen atoms in total. The number of rotatable bonds is 2. The Morgan fingerprint density at radius 1 is 1.55 bits per heavy atom. The minimum atomic E-state index is -0.303. The molecule has 0 spiro atoms. The van der Waals surface area contributed by atoms with E-state index in [0.717, 1.165) is 0 Å². The van der Waals surface area contributed by atoms with Gasteiger partial charge in [-0.05, 0) is 6.92 Å². The molecule has 1 heterocycles. The van der Waals surface area contributed by atoms with Crippen molar-refractivity contribution in [3.8, 4) is 0 Å². The highest BCUT2D eigenvalue weighted by Crippen LogP contribution is 2.13. The first-order valence-electron chi connectivity index (χ1n) is 3.75. The number of hydrogen-bond donors (Lipinski definition) is 0. The normalized spacial score (nSPS) is 11.0. The SMILES string of the molecule is CCn1nnc(C(C)C)c1F. The molecule has 1 aromatic rings. The van der Waals surface area contributed by atoms with Crippen LogP contribution in [0, 0.1) is 5.95 Å². The van der Waals surface area contributed by atoms with Gasteiger partial charge in [0.1, 0.15) is 5.69 Å². The Kier molecular flexibility index (Phi) is 2.22. The summed E-state index contributed by atoms with van der Waals surface area (Å²) in [6, 6.07) is 0. The van der Waals surface area contributed by atoms with E-state index in [4.69, 9.17) is 0 Å². The van der Waals surface area contributed by atoms with Gasteiger partial charge in [0.15, 0.2) is 0 Å². The minimum absolute atomic E-state index is 0.107. The molecule has 0 fully saturated rings. The number of aryl methyl sites for hydroxylation is 1. The van der Waals surface area contributed by atoms with Crippen molar-refractivity contribution in [3.05, 3.63) is 11.6 Å². The maximum absolute atomic E-state index is 13.1. The summed E-state index contributed by atoms with van der Waals surface area (Å²) in [5.41, 5.74) is 0.451. The summed E-state index contributed by atoms with van der Waals surface area (Å²) in [5, 5.41) is 7.37. The predicted molar refractivity (Wildman–Crippen MR) is 39.7 cm³/mol. The summed E-state index contributed by atoms with van der Waals surface area (Å²) in [4.78, 5) is 0. The lowest BCUT2D eigenvalue weighted by molar-refractivity contribution is 0.459. The Hall–Kier alpha value is -0.930. The van der Waals surface area contributed by atoms with E-state index in [1.54, 1.807) is 0 Å². The fraction of sp³-hybridized carbons (Fsp3) is 0.714. The van der Waals surface area contributed by atoms with Crippen molar-refractivity contribution < 1.29 is 4.39 Å². The summed E-state index contributed by atoms with van der Waals surface area (Å²) >= 11 is 0. The molecule has 0 bridgehead atoms. The third-order valence-electron chi connectivity index (χ3n) is 1.54. The van der Waals surface area contributed by atoms with Crippen LogP contribution in [0.25, 0.3) is 0 Å². The van der Waals surface area contributed by atoms with Crippen LogP contribution in [0.4, 0.5) is 4.39 Å². The zero-order valence-corrected chi connectivity index (χ0v) is 7.00. The molecule has 0 saturated heterocycles. The van der Waals surface area contributed by atoms with Gasteiger partial charge in [0, 0.05) is 12.5 Å². The zero-order chi connectivity index (χ0) is 8.43. The van der Waals surface area contributed by atoms with Gasteiger partial charge in [0.05, 0.1) is 0 Å². The van der Waals surface area contributed by atoms with Crippen LogP contribution in [-0.2, 0) is 6.54 Å². The highest BCUT2D eigenvalue weighted by Gasteiger charge is 2.13. The van der Waals surface area contributed by atoms with Crippen molar-refractivity contribution in [1.29, 1.82) is 0 Å². The third-order valence-corrected chi connectivity index (χ3v) is 1.54. The van der Waals surface area contributed by atoms with E-state index in [0.29, 0.717) is 12.2 Å². The number of nitrogens with zero attached hydrogens (tertiary/aromatic N) is 3. The Morgan fingerprint density at radius 3 is 2.45 bits per heavy atom. The van der Waals surface area contributed by atoms with Gasteiger partial charge in [-0.2, -0.15) is 4.39 Å². The highest BCUT2D eigenvalue weighted by atomic mass is 19.1. The van der Waals surface area contributed by atoms with Crippen LogP contribution in [0.3, 0.4) is 0 Å². The largest absolute Gasteiger partial charge is 0.235 e. The fourth-order valence-corrected chi connectivity index (χ4v) is 0.871. The van der Waals surface area contributed by atoms with E-state index >= 15 is 0 Å². The van der Waals surface area contributed by atoms with Gasteiger partial charge in [0.2, 0.25) is 5.95 Å². The zero-order valence-electron chi connectivity index (χ0n) is 7.00. The fourth-order valence-electron chi connectivity index (χ4n) is 0.871. The Bertz CT molecular complexity index is 242. The van der Waals surface area contributed by atoms with E-state index in [9.17, 15) is 4.39 Å². The molecule has 0 aliphatic rings. The molecular formula is C7H12FN3. The molecule has 11 heavy (non-hydrogen) atoms. The number of hydrogen-bond acceptors (Lipinski definition) is 2. The van der Waals surface area contributed by atoms with Crippen molar-refractivity contribution in [2.75, 3.05) is 0 Å². The summed E-state index contributed by atoms with van der Waals surface area (Å²) in [7, 11) is 0. The van der Waals surface area contributed by atoms with Crippen LogP contribution in [0.15, 0.2) is 0 Å². The minimum Gasteiger partial charge on any atom is -0.219 e. The second kappa shape index (κ2) is 2.98. The van der Waals surface area contributed by atoms with E-state index in [2.05, 4.69) is 10.3 Å². The van der Waals surface area contributed by atoms with E-state index in [1.807, 2.05) is 20.8 Å². The van der Waals surface area contributed by atoms with Crippen molar-refractivity contribution in [1.82, 2.24) is 15.0 Å². The lowest BCUT2D eigenvalue weighted by Crippen LogP contribution is -2.01. The molecule has 0 unspecified atom stereocenters. The molecule has 0 amide bonds. The summed E-state index contributed by atoms with van der Waals surface area (Å²) in [6.07, 6.45) is 0. The van der Waals surface area contributed by atoms with Gasteiger partial charge in [-0.3, -0.25) is 0 Å². The van der Waals surface area contributed by atoms with E-state index in [1.165, 1.54) is 4.68 Å². The quantitative estimate of drug-likeness (QED) is 0.652. The smallest absolute Gasteiger partial charge is 0.219 e. The third kappa shape index (κ3) is 1.39. The van der Waals surface area contributed by atoms with Gasteiger partial charge >= 0.3 is 0 Å². The van der Waals surface area contributed by atoms with E-state index < -0.39 is 0 Å². The molecule has 1 aromatic heterocycles. The van der Waals surface area contributed by atoms with E-state index in [-0.39, 0.29) is 11.9 Å². The summed E-state index contributed by atoms with van der Waals surface area (Å²) in [5.74, 6) is -0.196. The second-order valence-electron chi connectivity index (χ2n) is 2.74. The Morgan fingerprint density at radius 2 is 2.18 bits per heavy atom. The highest BCUT2D eigenvalue weighted by molar-refractivity contribution is 5.01. The molecule has 4 heteroatoms. The molecule has 0 aliphatic heterocycles. The van der Waals surface area contributed by atoms with Crippen LogP contribution in [-0.4, -0.2) is 15.0 Å². The molecule has 0 aromatic carbocycles. The van der Waals surface area contributed by atoms with Gasteiger partial charge in [-0.25, -0.2) is 4.68 Å². The topological polar surface area (TPSA) is 30.7 Å². The molecule has 0 radical (unpaired) electrons.